The summed E-state index contributed by atoms with van der Waals surface area (Å²) in [5.74, 6) is -0.199. The van der Waals surface area contributed by atoms with Gasteiger partial charge in [0.15, 0.2) is 0 Å². The van der Waals surface area contributed by atoms with Gasteiger partial charge in [-0.15, -0.1) is 0 Å². The van der Waals surface area contributed by atoms with E-state index in [1.165, 1.54) is 12.1 Å². The highest BCUT2D eigenvalue weighted by Crippen LogP contribution is 2.19. The van der Waals surface area contributed by atoms with E-state index >= 15 is 0 Å². The fraction of sp³-hybridized carbons (Fsp3) is 0.471. The normalized spacial score (nSPS) is 14.1. The summed E-state index contributed by atoms with van der Waals surface area (Å²) in [5, 5.41) is 8.10. The van der Waals surface area contributed by atoms with Gasteiger partial charge in [-0.25, -0.2) is 4.39 Å². The highest BCUT2D eigenvalue weighted by Gasteiger charge is 2.14. The molecule has 21 heavy (non-hydrogen) atoms. The van der Waals surface area contributed by atoms with Crippen molar-refractivity contribution in [2.24, 2.45) is 0 Å². The van der Waals surface area contributed by atoms with Gasteiger partial charge in [-0.3, -0.25) is 4.68 Å². The third-order valence-electron chi connectivity index (χ3n) is 3.84. The highest BCUT2D eigenvalue weighted by atomic mass is 19.1. The third-order valence-corrected chi connectivity index (χ3v) is 3.84. The zero-order valence-electron chi connectivity index (χ0n) is 13.0. The largest absolute Gasteiger partial charge is 0.310 e. The fourth-order valence-corrected chi connectivity index (χ4v) is 2.38. The summed E-state index contributed by atoms with van der Waals surface area (Å²) in [6, 6.07) is 9.36. The van der Waals surface area contributed by atoms with Crippen LogP contribution in [-0.4, -0.2) is 16.3 Å². The molecule has 2 unspecified atom stereocenters. The molecule has 0 saturated carbocycles. The number of aromatic nitrogens is 2. The van der Waals surface area contributed by atoms with E-state index < -0.39 is 0 Å². The van der Waals surface area contributed by atoms with Gasteiger partial charge in [-0.1, -0.05) is 26.0 Å². The number of hydrogen-bond acceptors (Lipinski definition) is 2. The second kappa shape index (κ2) is 7.36. The molecule has 1 aromatic heterocycles. The lowest BCUT2D eigenvalue weighted by Gasteiger charge is -2.17. The van der Waals surface area contributed by atoms with Crippen molar-refractivity contribution in [3.63, 3.8) is 0 Å². The Bertz CT molecular complexity index is 547. The second-order valence-electron chi connectivity index (χ2n) is 5.41. The zero-order chi connectivity index (χ0) is 15.2. The van der Waals surface area contributed by atoms with Gasteiger partial charge in [-0.05, 0) is 43.7 Å². The minimum atomic E-state index is -0.199. The number of likely N-dealkylation sites (N-methyl/N-ethyl adjacent to an activating group) is 1. The Kier molecular flexibility index (Phi) is 5.51. The van der Waals surface area contributed by atoms with E-state index in [1.807, 2.05) is 23.0 Å². The molecule has 0 aliphatic rings. The van der Waals surface area contributed by atoms with Crippen LogP contribution in [0.3, 0.4) is 0 Å². The zero-order valence-corrected chi connectivity index (χ0v) is 13.0. The summed E-state index contributed by atoms with van der Waals surface area (Å²) in [7, 11) is 0. The molecular weight excluding hydrogens is 265 g/mol. The van der Waals surface area contributed by atoms with Gasteiger partial charge in [0.05, 0.1) is 5.69 Å². The van der Waals surface area contributed by atoms with Crippen LogP contribution in [0.25, 0.3) is 0 Å². The van der Waals surface area contributed by atoms with Crippen LogP contribution in [0, 0.1) is 5.82 Å². The van der Waals surface area contributed by atoms with Crippen molar-refractivity contribution < 1.29 is 4.39 Å². The molecule has 114 valence electrons. The van der Waals surface area contributed by atoms with E-state index in [1.54, 1.807) is 0 Å². The van der Waals surface area contributed by atoms with Crippen LogP contribution in [0.5, 0.6) is 0 Å². The molecule has 0 aliphatic heterocycles. The maximum atomic E-state index is 13.1. The molecule has 0 bridgehead atoms. The standard InChI is InChI=1S/C17H24FN3/c1-4-13(3)21-11-10-16(20-21)12-17(19-5-2)14-6-8-15(18)9-7-14/h6-11,13,17,19H,4-5,12H2,1-3H3. The van der Waals surface area contributed by atoms with Gasteiger partial charge in [0.2, 0.25) is 0 Å². The molecule has 0 aliphatic carbocycles. The van der Waals surface area contributed by atoms with E-state index in [9.17, 15) is 4.39 Å². The summed E-state index contributed by atoms with van der Waals surface area (Å²) < 4.78 is 15.1. The van der Waals surface area contributed by atoms with Crippen molar-refractivity contribution in [2.75, 3.05) is 6.54 Å². The van der Waals surface area contributed by atoms with E-state index in [0.29, 0.717) is 6.04 Å². The first-order chi connectivity index (χ1) is 10.1. The molecule has 0 amide bonds. The lowest BCUT2D eigenvalue weighted by molar-refractivity contribution is 0.467. The lowest BCUT2D eigenvalue weighted by Crippen LogP contribution is -2.23. The second-order valence-corrected chi connectivity index (χ2v) is 5.41. The Balaban J connectivity index is 2.12. The Labute approximate surface area is 126 Å². The number of nitrogens with one attached hydrogen (secondary N) is 1. The minimum absolute atomic E-state index is 0.163. The predicted octanol–water partition coefficient (Wildman–Crippen LogP) is 3.89. The van der Waals surface area contributed by atoms with Gasteiger partial charge >= 0.3 is 0 Å². The van der Waals surface area contributed by atoms with Crippen LogP contribution >= 0.6 is 0 Å². The first-order valence-corrected chi connectivity index (χ1v) is 7.66. The van der Waals surface area contributed by atoms with Gasteiger partial charge in [0.25, 0.3) is 0 Å². The monoisotopic (exact) mass is 289 g/mol. The first-order valence-electron chi connectivity index (χ1n) is 7.66. The maximum Gasteiger partial charge on any atom is 0.123 e. The molecule has 2 atom stereocenters. The van der Waals surface area contributed by atoms with Crippen LogP contribution in [0.1, 0.15) is 50.5 Å². The van der Waals surface area contributed by atoms with E-state index in [2.05, 4.69) is 37.3 Å². The van der Waals surface area contributed by atoms with Crippen molar-refractivity contribution in [3.05, 3.63) is 53.6 Å². The Morgan fingerprint density at radius 1 is 1.19 bits per heavy atom. The molecule has 1 aromatic carbocycles. The average Bonchev–Trinajstić information content (AvgIpc) is 2.95. The molecule has 1 N–H and O–H groups in total. The molecule has 4 heteroatoms. The Hall–Kier alpha value is -1.68. The van der Waals surface area contributed by atoms with Crippen LogP contribution in [-0.2, 0) is 6.42 Å². The van der Waals surface area contributed by atoms with E-state index in [0.717, 1.165) is 30.6 Å². The summed E-state index contributed by atoms with van der Waals surface area (Å²) >= 11 is 0. The van der Waals surface area contributed by atoms with Gasteiger partial charge in [0.1, 0.15) is 5.82 Å². The smallest absolute Gasteiger partial charge is 0.123 e. The predicted molar refractivity (Wildman–Crippen MR) is 83.8 cm³/mol. The molecule has 0 radical (unpaired) electrons. The number of hydrogen-bond donors (Lipinski definition) is 1. The van der Waals surface area contributed by atoms with Crippen molar-refractivity contribution in [1.29, 1.82) is 0 Å². The molecule has 2 aromatic rings. The van der Waals surface area contributed by atoms with Crippen molar-refractivity contribution in [3.8, 4) is 0 Å². The summed E-state index contributed by atoms with van der Waals surface area (Å²) in [6.07, 6.45) is 3.91. The van der Waals surface area contributed by atoms with Gasteiger partial charge in [0, 0.05) is 24.7 Å². The topological polar surface area (TPSA) is 29.9 Å². The molecular formula is C17H24FN3. The van der Waals surface area contributed by atoms with E-state index in [-0.39, 0.29) is 11.9 Å². The number of nitrogens with zero attached hydrogens (tertiary/aromatic N) is 2. The molecule has 2 rings (SSSR count). The first kappa shape index (κ1) is 15.7. The molecule has 1 heterocycles. The Morgan fingerprint density at radius 2 is 1.90 bits per heavy atom. The number of halogens is 1. The minimum Gasteiger partial charge on any atom is -0.310 e. The highest BCUT2D eigenvalue weighted by molar-refractivity contribution is 5.21. The van der Waals surface area contributed by atoms with E-state index in [4.69, 9.17) is 0 Å². The average molecular weight is 289 g/mol. The molecule has 0 fully saturated rings. The van der Waals surface area contributed by atoms with Crippen molar-refractivity contribution >= 4 is 0 Å². The number of benzene rings is 1. The third kappa shape index (κ3) is 4.14. The van der Waals surface area contributed by atoms with Crippen LogP contribution < -0.4 is 5.32 Å². The van der Waals surface area contributed by atoms with Crippen LogP contribution in [0.2, 0.25) is 0 Å². The summed E-state index contributed by atoms with van der Waals surface area (Å²) in [5.41, 5.74) is 2.15. The van der Waals surface area contributed by atoms with Crippen LogP contribution in [0.4, 0.5) is 4.39 Å². The quantitative estimate of drug-likeness (QED) is 0.838. The molecule has 3 nitrogen and oxygen atoms in total. The van der Waals surface area contributed by atoms with Gasteiger partial charge < -0.3 is 5.32 Å². The number of rotatable bonds is 7. The SMILES string of the molecule is CCNC(Cc1ccn(C(C)CC)n1)c1ccc(F)cc1. The summed E-state index contributed by atoms with van der Waals surface area (Å²) in [6.45, 7) is 7.27. The molecule has 0 saturated heterocycles. The van der Waals surface area contributed by atoms with Crippen molar-refractivity contribution in [1.82, 2.24) is 15.1 Å². The van der Waals surface area contributed by atoms with Crippen LogP contribution in [0.15, 0.2) is 36.5 Å². The Morgan fingerprint density at radius 3 is 2.52 bits per heavy atom. The fourth-order valence-electron chi connectivity index (χ4n) is 2.38. The lowest BCUT2D eigenvalue weighted by atomic mass is 10.0. The maximum absolute atomic E-state index is 13.1. The summed E-state index contributed by atoms with van der Waals surface area (Å²) in [4.78, 5) is 0. The molecule has 0 spiro atoms. The van der Waals surface area contributed by atoms with Gasteiger partial charge in [-0.2, -0.15) is 5.10 Å². The van der Waals surface area contributed by atoms with Crippen molar-refractivity contribution in [2.45, 2.75) is 45.7 Å².